The molecule has 2 aromatic rings. The fourth-order valence-corrected chi connectivity index (χ4v) is 4.78. The highest BCUT2D eigenvalue weighted by Crippen LogP contribution is 2.45. The molecule has 0 aliphatic carbocycles. The van der Waals surface area contributed by atoms with Crippen molar-refractivity contribution < 1.29 is 14.3 Å². The van der Waals surface area contributed by atoms with Crippen molar-refractivity contribution >= 4 is 5.91 Å². The van der Waals surface area contributed by atoms with E-state index in [-0.39, 0.29) is 23.8 Å². The van der Waals surface area contributed by atoms with Crippen LogP contribution in [-0.2, 0) is 16.8 Å². The zero-order chi connectivity index (χ0) is 19.6. The van der Waals surface area contributed by atoms with Crippen molar-refractivity contribution in [3.8, 4) is 0 Å². The van der Waals surface area contributed by atoms with Crippen molar-refractivity contribution in [1.29, 1.82) is 0 Å². The number of nitrogens with zero attached hydrogens (tertiary/aromatic N) is 1. The summed E-state index contributed by atoms with van der Waals surface area (Å²) in [6.07, 6.45) is 3.99. The van der Waals surface area contributed by atoms with Crippen molar-refractivity contribution in [2.24, 2.45) is 0 Å². The number of carbonyl (C=O) groups is 1. The second-order valence-electron chi connectivity index (χ2n) is 8.09. The monoisotopic (exact) mass is 382 g/mol. The van der Waals surface area contributed by atoms with E-state index < -0.39 is 5.60 Å². The number of hydrogen-bond acceptors (Lipinski definition) is 3. The van der Waals surface area contributed by atoms with Crippen LogP contribution in [0.4, 0.5) is 4.39 Å². The van der Waals surface area contributed by atoms with Gasteiger partial charge in [0.15, 0.2) is 0 Å². The number of fused-ring (bicyclic) bond motifs is 2. The third-order valence-corrected chi connectivity index (χ3v) is 6.20. The van der Waals surface area contributed by atoms with Gasteiger partial charge in [0.05, 0.1) is 12.1 Å². The number of carbonyl (C=O) groups excluding carboxylic acids is 1. The fraction of sp³-hybridized carbons (Fsp3) is 0.435. The third-order valence-electron chi connectivity index (χ3n) is 6.20. The minimum atomic E-state index is -0.931. The number of piperidine rings is 1. The molecule has 0 spiro atoms. The lowest BCUT2D eigenvalue weighted by atomic mass is 9.80. The molecule has 4 nitrogen and oxygen atoms in total. The van der Waals surface area contributed by atoms with Gasteiger partial charge in [-0.1, -0.05) is 42.5 Å². The standard InChI is InChI=1S/C23H27FN2O2/c24-19-8-6-18(7-9-19)23(28)14-20-10-11-21(15-23)26(20)16-22(27)25-13-12-17-4-2-1-3-5-17/h1-9,20-21,28H,10-16H2,(H,25,27). The van der Waals surface area contributed by atoms with E-state index in [4.69, 9.17) is 0 Å². The summed E-state index contributed by atoms with van der Waals surface area (Å²) in [6, 6.07) is 16.7. The Morgan fingerprint density at radius 3 is 2.36 bits per heavy atom. The minimum absolute atomic E-state index is 0.0417. The van der Waals surface area contributed by atoms with E-state index in [0.717, 1.165) is 24.8 Å². The first-order valence-corrected chi connectivity index (χ1v) is 10.1. The Kier molecular flexibility index (Phi) is 5.47. The second-order valence-corrected chi connectivity index (χ2v) is 8.09. The first-order valence-electron chi connectivity index (χ1n) is 10.1. The van der Waals surface area contributed by atoms with E-state index >= 15 is 0 Å². The van der Waals surface area contributed by atoms with Crippen LogP contribution in [0.1, 0.15) is 36.8 Å². The molecule has 0 saturated carbocycles. The zero-order valence-corrected chi connectivity index (χ0v) is 16.0. The van der Waals surface area contributed by atoms with Gasteiger partial charge in [-0.3, -0.25) is 9.69 Å². The molecule has 2 fully saturated rings. The average Bonchev–Trinajstić information content (AvgIpc) is 2.93. The summed E-state index contributed by atoms with van der Waals surface area (Å²) in [6.45, 7) is 1.01. The number of aliphatic hydroxyl groups is 1. The summed E-state index contributed by atoms with van der Waals surface area (Å²) in [7, 11) is 0. The number of nitrogens with one attached hydrogen (secondary N) is 1. The summed E-state index contributed by atoms with van der Waals surface area (Å²) in [5, 5.41) is 14.2. The Balaban J connectivity index is 1.32. The Morgan fingerprint density at radius 1 is 1.07 bits per heavy atom. The van der Waals surface area contributed by atoms with E-state index in [1.165, 1.54) is 17.7 Å². The van der Waals surface area contributed by atoms with Crippen molar-refractivity contribution in [1.82, 2.24) is 10.2 Å². The molecule has 4 rings (SSSR count). The number of hydrogen-bond donors (Lipinski definition) is 2. The Bertz CT molecular complexity index is 795. The van der Waals surface area contributed by atoms with Crippen LogP contribution in [0.2, 0.25) is 0 Å². The van der Waals surface area contributed by atoms with Gasteiger partial charge in [-0.05, 0) is 55.4 Å². The minimum Gasteiger partial charge on any atom is -0.385 e. The van der Waals surface area contributed by atoms with E-state index in [9.17, 15) is 14.3 Å². The summed E-state index contributed by atoms with van der Waals surface area (Å²) in [4.78, 5) is 14.7. The van der Waals surface area contributed by atoms with Gasteiger partial charge in [0, 0.05) is 18.6 Å². The van der Waals surface area contributed by atoms with Crippen molar-refractivity contribution in [3.05, 3.63) is 71.5 Å². The van der Waals surface area contributed by atoms with Crippen LogP contribution in [0, 0.1) is 5.82 Å². The SMILES string of the molecule is O=C(CN1C2CCC1CC(O)(c1ccc(F)cc1)C2)NCCc1ccccc1. The van der Waals surface area contributed by atoms with Crippen molar-refractivity contribution in [2.45, 2.75) is 49.8 Å². The molecule has 2 aliphatic rings. The van der Waals surface area contributed by atoms with Crippen LogP contribution in [0.3, 0.4) is 0 Å². The van der Waals surface area contributed by atoms with Crippen LogP contribution >= 0.6 is 0 Å². The summed E-state index contributed by atoms with van der Waals surface area (Å²) in [5.41, 5.74) is 1.06. The van der Waals surface area contributed by atoms with Gasteiger partial charge >= 0.3 is 0 Å². The molecule has 148 valence electrons. The molecular formula is C23H27FN2O2. The molecule has 1 amide bonds. The van der Waals surface area contributed by atoms with Gasteiger partial charge in [0.1, 0.15) is 5.82 Å². The lowest BCUT2D eigenvalue weighted by molar-refractivity contribution is -0.125. The number of benzene rings is 2. The van der Waals surface area contributed by atoms with Gasteiger partial charge < -0.3 is 10.4 Å². The van der Waals surface area contributed by atoms with Crippen LogP contribution < -0.4 is 5.32 Å². The van der Waals surface area contributed by atoms with Crippen molar-refractivity contribution in [3.63, 3.8) is 0 Å². The fourth-order valence-electron chi connectivity index (χ4n) is 4.78. The topological polar surface area (TPSA) is 52.6 Å². The first-order chi connectivity index (χ1) is 13.5. The molecule has 0 radical (unpaired) electrons. The van der Waals surface area contributed by atoms with Gasteiger partial charge in [-0.2, -0.15) is 0 Å². The molecule has 2 heterocycles. The van der Waals surface area contributed by atoms with Gasteiger partial charge in [-0.25, -0.2) is 4.39 Å². The second kappa shape index (κ2) is 8.02. The third kappa shape index (κ3) is 4.10. The van der Waals surface area contributed by atoms with E-state index in [1.54, 1.807) is 12.1 Å². The highest BCUT2D eigenvalue weighted by molar-refractivity contribution is 5.78. The molecule has 2 aromatic carbocycles. The molecule has 2 unspecified atom stereocenters. The van der Waals surface area contributed by atoms with E-state index in [2.05, 4.69) is 22.3 Å². The van der Waals surface area contributed by atoms with Gasteiger partial charge in [0.2, 0.25) is 5.91 Å². The molecule has 5 heteroatoms. The lowest BCUT2D eigenvalue weighted by Gasteiger charge is -2.43. The van der Waals surface area contributed by atoms with Crippen LogP contribution in [0.5, 0.6) is 0 Å². The molecule has 2 bridgehead atoms. The summed E-state index contributed by atoms with van der Waals surface area (Å²) < 4.78 is 13.2. The Labute approximate surface area is 165 Å². The Hall–Kier alpha value is -2.24. The predicted octanol–water partition coefficient (Wildman–Crippen LogP) is 3.00. The molecule has 28 heavy (non-hydrogen) atoms. The molecule has 0 aromatic heterocycles. The number of halogens is 1. The molecule has 2 saturated heterocycles. The number of amides is 1. The predicted molar refractivity (Wildman–Crippen MR) is 106 cm³/mol. The van der Waals surface area contributed by atoms with Crippen molar-refractivity contribution in [2.75, 3.05) is 13.1 Å². The highest BCUT2D eigenvalue weighted by Gasteiger charge is 2.48. The molecular weight excluding hydrogens is 355 g/mol. The number of rotatable bonds is 6. The molecule has 2 atom stereocenters. The largest absolute Gasteiger partial charge is 0.385 e. The summed E-state index contributed by atoms with van der Waals surface area (Å²) >= 11 is 0. The smallest absolute Gasteiger partial charge is 0.234 e. The highest BCUT2D eigenvalue weighted by atomic mass is 19.1. The van der Waals surface area contributed by atoms with Crippen LogP contribution in [0.25, 0.3) is 0 Å². The summed E-state index contributed by atoms with van der Waals surface area (Å²) in [5.74, 6) is -0.250. The maximum atomic E-state index is 13.2. The van der Waals surface area contributed by atoms with E-state index in [1.807, 2.05) is 18.2 Å². The quantitative estimate of drug-likeness (QED) is 0.808. The van der Waals surface area contributed by atoms with Gasteiger partial charge in [0.25, 0.3) is 0 Å². The van der Waals surface area contributed by atoms with Gasteiger partial charge in [-0.15, -0.1) is 0 Å². The Morgan fingerprint density at radius 2 is 1.71 bits per heavy atom. The maximum absolute atomic E-state index is 13.2. The van der Waals surface area contributed by atoms with Crippen LogP contribution in [0.15, 0.2) is 54.6 Å². The molecule has 2 aliphatic heterocycles. The first kappa shape index (κ1) is 19.1. The normalized spacial score (nSPS) is 26.9. The maximum Gasteiger partial charge on any atom is 0.234 e. The average molecular weight is 382 g/mol. The lowest BCUT2D eigenvalue weighted by Crippen LogP contribution is -2.52. The molecule has 2 N–H and O–H groups in total. The van der Waals surface area contributed by atoms with Crippen LogP contribution in [-0.4, -0.2) is 41.1 Å². The zero-order valence-electron chi connectivity index (χ0n) is 16.0. The van der Waals surface area contributed by atoms with E-state index in [0.29, 0.717) is 25.9 Å².